The van der Waals surface area contributed by atoms with Crippen LogP contribution in [0.5, 0.6) is 11.5 Å². The molecule has 146 valence electrons. The summed E-state index contributed by atoms with van der Waals surface area (Å²) in [6, 6.07) is 13.1. The summed E-state index contributed by atoms with van der Waals surface area (Å²) in [4.78, 5) is 0. The monoisotopic (exact) mass is 418 g/mol. The molecule has 10 heteroatoms. The SMILES string of the molecule is COc1ccc(/C=N/Nc2nnc(SCc3ccccc3Cl)n2N)cc1OC. The minimum atomic E-state index is 0.318. The fraction of sp³-hybridized carbons (Fsp3) is 0.167. The quantitative estimate of drug-likeness (QED) is 0.250. The van der Waals surface area contributed by atoms with E-state index < -0.39 is 0 Å². The largest absolute Gasteiger partial charge is 0.493 e. The third kappa shape index (κ3) is 4.68. The Morgan fingerprint density at radius 3 is 2.71 bits per heavy atom. The van der Waals surface area contributed by atoms with E-state index in [2.05, 4.69) is 20.7 Å². The number of hydrogen-bond acceptors (Lipinski definition) is 8. The standard InChI is InChI=1S/C18H19ClN6O2S/c1-26-15-8-7-12(9-16(15)27-2)10-21-22-17-23-24-18(25(17)20)28-11-13-5-3-4-6-14(13)19/h3-10H,11,20H2,1-2H3,(H,22,23)/b21-10+. The lowest BCUT2D eigenvalue weighted by Crippen LogP contribution is -2.13. The van der Waals surface area contributed by atoms with Gasteiger partial charge in [0.15, 0.2) is 11.5 Å². The molecule has 3 N–H and O–H groups in total. The molecule has 0 aliphatic rings. The molecule has 0 unspecified atom stereocenters. The van der Waals surface area contributed by atoms with Crippen LogP contribution < -0.4 is 20.7 Å². The zero-order chi connectivity index (χ0) is 19.9. The molecular weight excluding hydrogens is 400 g/mol. The second-order valence-corrected chi connectivity index (χ2v) is 6.89. The second-order valence-electron chi connectivity index (χ2n) is 5.54. The van der Waals surface area contributed by atoms with Gasteiger partial charge in [-0.05, 0) is 35.4 Å². The number of nitrogens with one attached hydrogen (secondary N) is 1. The number of thioether (sulfide) groups is 1. The predicted molar refractivity (Wildman–Crippen MR) is 112 cm³/mol. The van der Waals surface area contributed by atoms with E-state index >= 15 is 0 Å². The van der Waals surface area contributed by atoms with Crippen LogP contribution in [-0.4, -0.2) is 35.3 Å². The van der Waals surface area contributed by atoms with Gasteiger partial charge in [-0.3, -0.25) is 0 Å². The summed E-state index contributed by atoms with van der Waals surface area (Å²) in [5, 5.41) is 13.5. The molecule has 0 bridgehead atoms. The third-order valence-electron chi connectivity index (χ3n) is 3.76. The number of rotatable bonds is 8. The van der Waals surface area contributed by atoms with Crippen molar-refractivity contribution in [3.63, 3.8) is 0 Å². The number of nitrogens with two attached hydrogens (primary N) is 1. The van der Waals surface area contributed by atoms with E-state index in [-0.39, 0.29) is 0 Å². The highest BCUT2D eigenvalue weighted by molar-refractivity contribution is 7.98. The highest BCUT2D eigenvalue weighted by Crippen LogP contribution is 2.27. The molecule has 1 aromatic heterocycles. The summed E-state index contributed by atoms with van der Waals surface area (Å²) in [7, 11) is 3.17. The number of methoxy groups -OCH3 is 2. The third-order valence-corrected chi connectivity index (χ3v) is 5.13. The van der Waals surface area contributed by atoms with E-state index in [9.17, 15) is 0 Å². The van der Waals surface area contributed by atoms with Gasteiger partial charge in [0, 0.05) is 10.8 Å². The molecule has 0 atom stereocenters. The van der Waals surface area contributed by atoms with Gasteiger partial charge in [0.2, 0.25) is 5.16 Å². The first-order valence-electron chi connectivity index (χ1n) is 8.20. The number of anilines is 1. The van der Waals surface area contributed by atoms with Gasteiger partial charge in [-0.2, -0.15) is 5.10 Å². The number of hydrogen-bond donors (Lipinski definition) is 2. The number of benzene rings is 2. The Morgan fingerprint density at radius 2 is 1.96 bits per heavy atom. The fourth-order valence-corrected chi connectivity index (χ4v) is 3.45. The Bertz CT molecular complexity index is 978. The summed E-state index contributed by atoms with van der Waals surface area (Å²) in [5.74, 6) is 8.25. The molecule has 0 amide bonds. The first kappa shape index (κ1) is 19.8. The van der Waals surface area contributed by atoms with Crippen molar-refractivity contribution in [2.24, 2.45) is 5.10 Å². The van der Waals surface area contributed by atoms with Crippen LogP contribution in [0, 0.1) is 0 Å². The van der Waals surface area contributed by atoms with Crippen molar-refractivity contribution in [1.82, 2.24) is 14.9 Å². The van der Waals surface area contributed by atoms with Crippen molar-refractivity contribution in [2.75, 3.05) is 25.5 Å². The zero-order valence-electron chi connectivity index (χ0n) is 15.3. The number of halogens is 1. The van der Waals surface area contributed by atoms with Crippen molar-refractivity contribution >= 4 is 35.5 Å². The molecule has 3 aromatic rings. The Morgan fingerprint density at radius 1 is 1.18 bits per heavy atom. The zero-order valence-corrected chi connectivity index (χ0v) is 16.9. The molecule has 0 saturated heterocycles. The number of nitrogen functional groups attached to an aromatic ring is 1. The van der Waals surface area contributed by atoms with Crippen LogP contribution in [0.3, 0.4) is 0 Å². The lowest BCUT2D eigenvalue weighted by atomic mass is 10.2. The van der Waals surface area contributed by atoms with E-state index in [0.29, 0.717) is 33.4 Å². The normalized spacial score (nSPS) is 11.0. The van der Waals surface area contributed by atoms with E-state index in [1.807, 2.05) is 36.4 Å². The molecule has 2 aromatic carbocycles. The van der Waals surface area contributed by atoms with E-state index in [1.165, 1.54) is 16.4 Å². The van der Waals surface area contributed by atoms with Crippen LogP contribution in [-0.2, 0) is 5.75 Å². The van der Waals surface area contributed by atoms with Gasteiger partial charge in [-0.1, -0.05) is 41.6 Å². The van der Waals surface area contributed by atoms with E-state index in [4.69, 9.17) is 26.9 Å². The van der Waals surface area contributed by atoms with Gasteiger partial charge >= 0.3 is 0 Å². The molecule has 0 spiro atoms. The molecule has 0 saturated carbocycles. The van der Waals surface area contributed by atoms with Crippen molar-refractivity contribution < 1.29 is 9.47 Å². The van der Waals surface area contributed by atoms with Crippen molar-refractivity contribution in [3.05, 3.63) is 58.6 Å². The minimum absolute atomic E-state index is 0.318. The van der Waals surface area contributed by atoms with Gasteiger partial charge in [0.05, 0.1) is 20.4 Å². The summed E-state index contributed by atoms with van der Waals surface area (Å²) >= 11 is 7.60. The maximum absolute atomic E-state index is 6.17. The molecule has 1 heterocycles. The van der Waals surface area contributed by atoms with Gasteiger partial charge < -0.3 is 15.3 Å². The molecule has 0 radical (unpaired) electrons. The van der Waals surface area contributed by atoms with Gasteiger partial charge in [-0.25, -0.2) is 10.1 Å². The van der Waals surface area contributed by atoms with Crippen LogP contribution >= 0.6 is 23.4 Å². The van der Waals surface area contributed by atoms with Crippen molar-refractivity contribution in [3.8, 4) is 11.5 Å². The summed E-state index contributed by atoms with van der Waals surface area (Å²) in [6.07, 6.45) is 1.62. The maximum Gasteiger partial charge on any atom is 0.264 e. The van der Waals surface area contributed by atoms with E-state index in [0.717, 1.165) is 11.1 Å². The van der Waals surface area contributed by atoms with Gasteiger partial charge in [0.1, 0.15) is 0 Å². The Balaban J connectivity index is 1.63. The van der Waals surface area contributed by atoms with E-state index in [1.54, 1.807) is 26.5 Å². The highest BCUT2D eigenvalue weighted by atomic mass is 35.5. The number of aromatic nitrogens is 3. The number of hydrazone groups is 1. The van der Waals surface area contributed by atoms with Crippen LogP contribution in [0.15, 0.2) is 52.7 Å². The molecule has 0 aliphatic heterocycles. The van der Waals surface area contributed by atoms with Crippen LogP contribution in [0.4, 0.5) is 5.95 Å². The van der Waals surface area contributed by atoms with Crippen LogP contribution in [0.2, 0.25) is 5.02 Å². The van der Waals surface area contributed by atoms with Crippen molar-refractivity contribution in [1.29, 1.82) is 0 Å². The Kier molecular flexibility index (Phi) is 6.62. The highest BCUT2D eigenvalue weighted by Gasteiger charge is 2.10. The molecule has 28 heavy (non-hydrogen) atoms. The lowest BCUT2D eigenvalue weighted by molar-refractivity contribution is 0.355. The van der Waals surface area contributed by atoms with Gasteiger partial charge in [0.25, 0.3) is 5.95 Å². The number of nitrogens with zero attached hydrogens (tertiary/aromatic N) is 4. The molecule has 3 rings (SSSR count). The average Bonchev–Trinajstić information content (AvgIpc) is 3.07. The molecule has 8 nitrogen and oxygen atoms in total. The lowest BCUT2D eigenvalue weighted by Gasteiger charge is -2.07. The maximum atomic E-state index is 6.17. The Labute approximate surface area is 171 Å². The van der Waals surface area contributed by atoms with Crippen LogP contribution in [0.1, 0.15) is 11.1 Å². The molecule has 0 aliphatic carbocycles. The molecule has 0 fully saturated rings. The summed E-state index contributed by atoms with van der Waals surface area (Å²) in [6.45, 7) is 0. The van der Waals surface area contributed by atoms with Crippen LogP contribution in [0.25, 0.3) is 0 Å². The first-order valence-corrected chi connectivity index (χ1v) is 9.56. The topological polar surface area (TPSA) is 99.6 Å². The molecular formula is C18H19ClN6O2S. The fourth-order valence-electron chi connectivity index (χ4n) is 2.31. The van der Waals surface area contributed by atoms with Crippen molar-refractivity contribution in [2.45, 2.75) is 10.9 Å². The summed E-state index contributed by atoms with van der Waals surface area (Å²) in [5.41, 5.74) is 4.60. The second kappa shape index (κ2) is 9.34. The average molecular weight is 419 g/mol. The smallest absolute Gasteiger partial charge is 0.264 e. The Hall–Kier alpha value is -2.91. The number of ether oxygens (including phenoxy) is 2. The predicted octanol–water partition coefficient (Wildman–Crippen LogP) is 3.40. The van der Waals surface area contributed by atoms with Gasteiger partial charge in [-0.15, -0.1) is 10.2 Å². The minimum Gasteiger partial charge on any atom is -0.493 e. The summed E-state index contributed by atoms with van der Waals surface area (Å²) < 4.78 is 11.8. The first-order chi connectivity index (χ1) is 13.6.